The van der Waals surface area contributed by atoms with Crippen LogP contribution in [0.4, 0.5) is 0 Å². The van der Waals surface area contributed by atoms with E-state index in [1.54, 1.807) is 13.8 Å². The van der Waals surface area contributed by atoms with E-state index in [1.807, 2.05) is 0 Å². The maximum Gasteiger partial charge on any atom is 0.330 e. The van der Waals surface area contributed by atoms with Crippen molar-refractivity contribution in [1.29, 1.82) is 0 Å². The lowest BCUT2D eigenvalue weighted by Crippen LogP contribution is -2.23. The van der Waals surface area contributed by atoms with Crippen LogP contribution < -0.4 is 0 Å². The van der Waals surface area contributed by atoms with E-state index in [4.69, 9.17) is 4.74 Å². The Morgan fingerprint density at radius 3 is 2.67 bits per heavy atom. The average Bonchev–Trinajstić information content (AvgIpc) is 2.04. The van der Waals surface area contributed by atoms with Gasteiger partial charge in [-0.15, -0.1) is 0 Å². The van der Waals surface area contributed by atoms with Crippen LogP contribution in [0.15, 0.2) is 17.6 Å². The average molecular weight is 169 g/mol. The molecule has 2 atom stereocenters. The highest BCUT2D eigenvalue weighted by molar-refractivity contribution is 5.81. The summed E-state index contributed by atoms with van der Waals surface area (Å²) >= 11 is 0. The largest absolute Gasteiger partial charge is 0.457 e. The van der Waals surface area contributed by atoms with Crippen LogP contribution in [0.1, 0.15) is 13.8 Å². The Balaban J connectivity index is 4.02. The molecule has 0 spiro atoms. The zero-order valence-corrected chi connectivity index (χ0v) is 7.11. The number of isocyanates is 1. The van der Waals surface area contributed by atoms with Crippen molar-refractivity contribution in [1.82, 2.24) is 0 Å². The molecule has 0 aliphatic carbocycles. The summed E-state index contributed by atoms with van der Waals surface area (Å²) in [7, 11) is 0. The van der Waals surface area contributed by atoms with E-state index in [9.17, 15) is 9.59 Å². The fraction of sp³-hybridized carbons (Fsp3) is 0.500. The van der Waals surface area contributed by atoms with Crippen LogP contribution >= 0.6 is 0 Å². The van der Waals surface area contributed by atoms with E-state index < -0.39 is 12.1 Å². The van der Waals surface area contributed by atoms with Gasteiger partial charge in [0.2, 0.25) is 6.08 Å². The van der Waals surface area contributed by atoms with Crippen LogP contribution in [0.5, 0.6) is 0 Å². The number of aliphatic imine (C=N–C) groups is 1. The first-order valence-electron chi connectivity index (χ1n) is 3.51. The number of carbonyl (C=O) groups excluding carboxylic acids is 2. The van der Waals surface area contributed by atoms with Crippen molar-refractivity contribution >= 4 is 12.0 Å². The van der Waals surface area contributed by atoms with Crippen LogP contribution in [-0.2, 0) is 14.3 Å². The minimum atomic E-state index is -0.518. The lowest BCUT2D eigenvalue weighted by molar-refractivity contribution is -0.142. The standard InChI is InChI=1S/C8H11NO3/c1-4-8(11)12-7(3)6(2)9-5-10/h4,6-7H,1H2,2-3H3. The third kappa shape index (κ3) is 3.68. The number of hydrogen-bond acceptors (Lipinski definition) is 4. The maximum absolute atomic E-state index is 10.7. The summed E-state index contributed by atoms with van der Waals surface area (Å²) in [4.78, 5) is 23.9. The molecule has 0 bridgehead atoms. The fourth-order valence-corrected chi connectivity index (χ4v) is 0.518. The molecule has 2 unspecified atom stereocenters. The Morgan fingerprint density at radius 1 is 1.67 bits per heavy atom. The second-order valence-corrected chi connectivity index (χ2v) is 2.31. The molecule has 4 heteroatoms. The first-order chi connectivity index (χ1) is 5.61. The maximum atomic E-state index is 10.7. The van der Waals surface area contributed by atoms with E-state index >= 15 is 0 Å². The van der Waals surface area contributed by atoms with Crippen LogP contribution in [0, 0.1) is 0 Å². The second-order valence-electron chi connectivity index (χ2n) is 2.31. The zero-order chi connectivity index (χ0) is 9.56. The third-order valence-corrected chi connectivity index (χ3v) is 1.40. The van der Waals surface area contributed by atoms with Gasteiger partial charge in [-0.2, -0.15) is 4.99 Å². The molecule has 0 aliphatic heterocycles. The predicted octanol–water partition coefficient (Wildman–Crippen LogP) is 0.828. The Bertz CT molecular complexity index is 218. The van der Waals surface area contributed by atoms with Gasteiger partial charge in [-0.3, -0.25) is 0 Å². The SMILES string of the molecule is C=CC(=O)OC(C)C(C)N=C=O. The van der Waals surface area contributed by atoms with Gasteiger partial charge < -0.3 is 4.74 Å². The third-order valence-electron chi connectivity index (χ3n) is 1.40. The lowest BCUT2D eigenvalue weighted by Gasteiger charge is -2.13. The van der Waals surface area contributed by atoms with Crippen molar-refractivity contribution in [2.75, 3.05) is 0 Å². The topological polar surface area (TPSA) is 55.7 Å². The molecule has 0 amide bonds. The molecule has 0 radical (unpaired) electrons. The quantitative estimate of drug-likeness (QED) is 0.271. The molecular weight excluding hydrogens is 158 g/mol. The summed E-state index contributed by atoms with van der Waals surface area (Å²) in [5, 5.41) is 0. The van der Waals surface area contributed by atoms with Gasteiger partial charge in [-0.05, 0) is 13.8 Å². The number of hydrogen-bond donors (Lipinski definition) is 0. The highest BCUT2D eigenvalue weighted by Crippen LogP contribution is 2.02. The number of carbonyl (C=O) groups is 1. The van der Waals surface area contributed by atoms with Crippen LogP contribution in [0.25, 0.3) is 0 Å². The molecule has 0 aromatic heterocycles. The van der Waals surface area contributed by atoms with E-state index in [0.29, 0.717) is 0 Å². The molecule has 0 aromatic carbocycles. The first kappa shape index (κ1) is 10.6. The van der Waals surface area contributed by atoms with E-state index in [-0.39, 0.29) is 6.04 Å². The zero-order valence-electron chi connectivity index (χ0n) is 7.11. The van der Waals surface area contributed by atoms with Gasteiger partial charge >= 0.3 is 5.97 Å². The molecule has 0 aliphatic rings. The molecule has 0 N–H and O–H groups in total. The summed E-state index contributed by atoms with van der Waals surface area (Å²) in [6, 6.07) is -0.369. The highest BCUT2D eigenvalue weighted by atomic mass is 16.5. The molecule has 12 heavy (non-hydrogen) atoms. The Morgan fingerprint density at radius 2 is 2.25 bits per heavy atom. The Labute approximate surface area is 70.9 Å². The monoisotopic (exact) mass is 169 g/mol. The summed E-state index contributed by atoms with van der Waals surface area (Å²) in [6.07, 6.45) is 2.03. The Kier molecular flexibility index (Phi) is 4.65. The molecule has 66 valence electrons. The molecule has 0 saturated heterocycles. The summed E-state index contributed by atoms with van der Waals surface area (Å²) in [5.41, 5.74) is 0. The van der Waals surface area contributed by atoms with Crippen molar-refractivity contribution in [2.45, 2.75) is 26.0 Å². The van der Waals surface area contributed by atoms with Crippen molar-refractivity contribution in [3.63, 3.8) is 0 Å². The van der Waals surface area contributed by atoms with Crippen LogP contribution in [0.3, 0.4) is 0 Å². The van der Waals surface area contributed by atoms with Crippen molar-refractivity contribution in [3.05, 3.63) is 12.7 Å². The number of nitrogens with zero attached hydrogens (tertiary/aromatic N) is 1. The van der Waals surface area contributed by atoms with Crippen LogP contribution in [0.2, 0.25) is 0 Å². The van der Waals surface area contributed by atoms with E-state index in [0.717, 1.165) is 6.08 Å². The molecule has 0 rings (SSSR count). The highest BCUT2D eigenvalue weighted by Gasteiger charge is 2.13. The summed E-state index contributed by atoms with van der Waals surface area (Å²) in [5.74, 6) is -0.518. The van der Waals surface area contributed by atoms with Crippen molar-refractivity contribution in [3.8, 4) is 0 Å². The summed E-state index contributed by atoms with van der Waals surface area (Å²) < 4.78 is 4.78. The minimum absolute atomic E-state index is 0.369. The van der Waals surface area contributed by atoms with Crippen molar-refractivity contribution < 1.29 is 14.3 Å². The summed E-state index contributed by atoms with van der Waals surface area (Å²) in [6.45, 7) is 6.54. The molecule has 0 heterocycles. The first-order valence-corrected chi connectivity index (χ1v) is 3.51. The minimum Gasteiger partial charge on any atom is -0.457 e. The van der Waals surface area contributed by atoms with Gasteiger partial charge in [-0.25, -0.2) is 9.59 Å². The van der Waals surface area contributed by atoms with Gasteiger partial charge in [0.15, 0.2) is 0 Å². The normalized spacial score (nSPS) is 13.8. The molecule has 0 aromatic rings. The van der Waals surface area contributed by atoms with E-state index in [1.165, 1.54) is 6.08 Å². The van der Waals surface area contributed by atoms with Gasteiger partial charge in [0.05, 0.1) is 6.04 Å². The van der Waals surface area contributed by atoms with Gasteiger partial charge in [0.25, 0.3) is 0 Å². The van der Waals surface area contributed by atoms with Crippen molar-refractivity contribution in [2.24, 2.45) is 4.99 Å². The molecule has 0 fully saturated rings. The fourth-order valence-electron chi connectivity index (χ4n) is 0.518. The van der Waals surface area contributed by atoms with Gasteiger partial charge in [-0.1, -0.05) is 6.58 Å². The Hall–Kier alpha value is -1.41. The van der Waals surface area contributed by atoms with Gasteiger partial charge in [0.1, 0.15) is 6.10 Å². The second kappa shape index (κ2) is 5.27. The molecule has 0 saturated carbocycles. The molecule has 4 nitrogen and oxygen atoms in total. The van der Waals surface area contributed by atoms with E-state index in [2.05, 4.69) is 11.6 Å². The molecular formula is C8H11NO3. The smallest absolute Gasteiger partial charge is 0.330 e. The van der Waals surface area contributed by atoms with Crippen LogP contribution in [-0.4, -0.2) is 24.2 Å². The number of esters is 1. The van der Waals surface area contributed by atoms with Gasteiger partial charge in [0, 0.05) is 6.08 Å². The predicted molar refractivity (Wildman–Crippen MR) is 43.3 cm³/mol. The number of rotatable bonds is 4. The lowest BCUT2D eigenvalue weighted by atomic mass is 10.2. The number of ether oxygens (including phenoxy) is 1.